The highest BCUT2D eigenvalue weighted by molar-refractivity contribution is 6.59. The predicted molar refractivity (Wildman–Crippen MR) is 106 cm³/mol. The molecule has 1 heterocycles. The lowest BCUT2D eigenvalue weighted by molar-refractivity contribution is 0.0950. The molecule has 134 valence electrons. The van der Waals surface area contributed by atoms with Gasteiger partial charge in [-0.2, -0.15) is 10.2 Å². The molecule has 4 aromatic rings. The second-order valence-corrected chi connectivity index (χ2v) is 6.47. The number of ketones is 1. The summed E-state index contributed by atoms with van der Waals surface area (Å²) in [5.41, 5.74) is 5.87. The van der Waals surface area contributed by atoms with Gasteiger partial charge >= 0.3 is 0 Å². The SMILES string of the molecule is O=C(NN=C1C(=O)c2cccc3cccc1c23)c1cc(-c2ccccc2)n[nH]1. The van der Waals surface area contributed by atoms with E-state index >= 15 is 0 Å². The summed E-state index contributed by atoms with van der Waals surface area (Å²) in [4.78, 5) is 25.2. The van der Waals surface area contributed by atoms with Gasteiger partial charge in [0.2, 0.25) is 5.78 Å². The van der Waals surface area contributed by atoms with Gasteiger partial charge in [-0.15, -0.1) is 0 Å². The van der Waals surface area contributed by atoms with Crippen molar-refractivity contribution in [1.82, 2.24) is 15.6 Å². The van der Waals surface area contributed by atoms with Crippen molar-refractivity contribution < 1.29 is 9.59 Å². The Kier molecular flexibility index (Phi) is 3.62. The molecule has 0 saturated heterocycles. The molecule has 1 aromatic heterocycles. The molecule has 0 radical (unpaired) electrons. The summed E-state index contributed by atoms with van der Waals surface area (Å²) in [5.74, 6) is -0.653. The molecule has 0 spiro atoms. The topological polar surface area (TPSA) is 87.2 Å². The zero-order chi connectivity index (χ0) is 19.1. The highest BCUT2D eigenvalue weighted by atomic mass is 16.2. The molecule has 0 bridgehead atoms. The number of hydrogen-bond acceptors (Lipinski definition) is 4. The average Bonchev–Trinajstić information content (AvgIpc) is 3.33. The Balaban J connectivity index is 1.43. The summed E-state index contributed by atoms with van der Waals surface area (Å²) in [6.07, 6.45) is 0. The van der Waals surface area contributed by atoms with Gasteiger partial charge in [0.15, 0.2) is 0 Å². The number of nitrogens with one attached hydrogen (secondary N) is 2. The number of rotatable bonds is 3. The number of hydrogen-bond donors (Lipinski definition) is 2. The summed E-state index contributed by atoms with van der Waals surface area (Å²) >= 11 is 0. The van der Waals surface area contributed by atoms with Crippen LogP contribution in [0, 0.1) is 0 Å². The molecule has 0 atom stereocenters. The van der Waals surface area contributed by atoms with Crippen LogP contribution in [0.25, 0.3) is 22.0 Å². The fraction of sp³-hybridized carbons (Fsp3) is 0. The van der Waals surface area contributed by atoms with Crippen LogP contribution < -0.4 is 5.43 Å². The summed E-state index contributed by atoms with van der Waals surface area (Å²) in [6, 6.07) is 22.4. The van der Waals surface area contributed by atoms with Gasteiger partial charge in [0.25, 0.3) is 5.91 Å². The van der Waals surface area contributed by atoms with E-state index in [1.807, 2.05) is 60.7 Å². The van der Waals surface area contributed by atoms with Crippen molar-refractivity contribution in [3.63, 3.8) is 0 Å². The smallest absolute Gasteiger partial charge is 0.287 e. The Hall–Kier alpha value is -4.06. The minimum atomic E-state index is -0.460. The van der Waals surface area contributed by atoms with E-state index in [9.17, 15) is 9.59 Å². The first-order chi connectivity index (χ1) is 13.7. The van der Waals surface area contributed by atoms with Crippen LogP contribution in [-0.4, -0.2) is 27.6 Å². The molecular formula is C22H14N4O2. The van der Waals surface area contributed by atoms with E-state index < -0.39 is 5.91 Å². The van der Waals surface area contributed by atoms with E-state index in [2.05, 4.69) is 20.7 Å². The Morgan fingerprint density at radius 3 is 2.46 bits per heavy atom. The number of hydrazone groups is 1. The minimum Gasteiger partial charge on any atom is -0.287 e. The standard InChI is InChI=1S/C22H14N4O2/c27-21-16-11-5-9-14-8-4-10-15(19(14)16)20(21)25-26-22(28)18-12-17(23-24-18)13-6-2-1-3-7-13/h1-12H,(H,23,24)(H,26,28). The van der Waals surface area contributed by atoms with Gasteiger partial charge in [0.05, 0.1) is 5.69 Å². The second-order valence-electron chi connectivity index (χ2n) is 6.47. The zero-order valence-corrected chi connectivity index (χ0v) is 14.6. The quantitative estimate of drug-likeness (QED) is 0.544. The van der Waals surface area contributed by atoms with Crippen molar-refractivity contribution in [1.29, 1.82) is 0 Å². The molecule has 3 aromatic carbocycles. The lowest BCUT2D eigenvalue weighted by Gasteiger charge is -2.00. The fourth-order valence-electron chi connectivity index (χ4n) is 3.45. The monoisotopic (exact) mass is 366 g/mol. The van der Waals surface area contributed by atoms with Gasteiger partial charge in [-0.25, -0.2) is 5.43 Å². The lowest BCUT2D eigenvalue weighted by Crippen LogP contribution is -2.22. The van der Waals surface area contributed by atoms with Gasteiger partial charge < -0.3 is 0 Å². The molecule has 2 N–H and O–H groups in total. The number of carbonyl (C=O) groups is 2. The van der Waals surface area contributed by atoms with Crippen LogP contribution in [0.5, 0.6) is 0 Å². The normalized spacial score (nSPS) is 14.0. The van der Waals surface area contributed by atoms with Crippen LogP contribution in [0.3, 0.4) is 0 Å². The Bertz CT molecular complexity index is 1270. The summed E-state index contributed by atoms with van der Waals surface area (Å²) < 4.78 is 0. The molecule has 5 rings (SSSR count). The Labute approximate surface area is 159 Å². The molecule has 6 heteroatoms. The highest BCUT2D eigenvalue weighted by Gasteiger charge is 2.29. The first-order valence-electron chi connectivity index (χ1n) is 8.78. The van der Waals surface area contributed by atoms with Crippen molar-refractivity contribution in [3.8, 4) is 11.3 Å². The average molecular weight is 366 g/mol. The van der Waals surface area contributed by atoms with E-state index in [1.165, 1.54) is 0 Å². The molecule has 28 heavy (non-hydrogen) atoms. The van der Waals surface area contributed by atoms with Crippen LogP contribution in [0.15, 0.2) is 77.9 Å². The predicted octanol–water partition coefficient (Wildman–Crippen LogP) is 3.56. The molecule has 1 amide bonds. The number of amides is 1. The molecule has 0 aliphatic heterocycles. The van der Waals surface area contributed by atoms with Crippen LogP contribution >= 0.6 is 0 Å². The van der Waals surface area contributed by atoms with Crippen LogP contribution in [0.4, 0.5) is 0 Å². The number of nitrogens with zero attached hydrogens (tertiary/aromatic N) is 2. The first-order valence-corrected chi connectivity index (χ1v) is 8.78. The first kappa shape index (κ1) is 16.1. The van der Waals surface area contributed by atoms with Crippen molar-refractivity contribution >= 4 is 28.2 Å². The van der Waals surface area contributed by atoms with E-state index in [1.54, 1.807) is 12.1 Å². The number of carbonyl (C=O) groups excluding carboxylic acids is 2. The van der Waals surface area contributed by atoms with E-state index in [4.69, 9.17) is 0 Å². The van der Waals surface area contributed by atoms with Gasteiger partial charge in [-0.05, 0) is 11.5 Å². The molecule has 6 nitrogen and oxygen atoms in total. The number of aromatic nitrogens is 2. The lowest BCUT2D eigenvalue weighted by atomic mass is 10.1. The van der Waals surface area contributed by atoms with Gasteiger partial charge in [0.1, 0.15) is 11.4 Å². The maximum atomic E-state index is 12.7. The Morgan fingerprint density at radius 2 is 1.68 bits per heavy atom. The van der Waals surface area contributed by atoms with Crippen molar-refractivity contribution in [3.05, 3.63) is 89.6 Å². The summed E-state index contributed by atoms with van der Waals surface area (Å²) in [7, 11) is 0. The highest BCUT2D eigenvalue weighted by Crippen LogP contribution is 2.30. The molecule has 1 aliphatic carbocycles. The molecule has 0 saturated carbocycles. The number of H-pyrrole nitrogens is 1. The summed E-state index contributed by atoms with van der Waals surface area (Å²) in [6.45, 7) is 0. The second kappa shape index (κ2) is 6.28. The van der Waals surface area contributed by atoms with Crippen LogP contribution in [0.2, 0.25) is 0 Å². The van der Waals surface area contributed by atoms with Crippen molar-refractivity contribution in [2.45, 2.75) is 0 Å². The molecule has 0 fully saturated rings. The van der Waals surface area contributed by atoms with Crippen LogP contribution in [-0.2, 0) is 0 Å². The van der Waals surface area contributed by atoms with Crippen LogP contribution in [0.1, 0.15) is 26.4 Å². The fourth-order valence-corrected chi connectivity index (χ4v) is 3.45. The van der Waals surface area contributed by atoms with E-state index in [0.29, 0.717) is 11.3 Å². The molecular weight excluding hydrogens is 352 g/mol. The van der Waals surface area contributed by atoms with Gasteiger partial charge in [0, 0.05) is 22.1 Å². The van der Waals surface area contributed by atoms with Gasteiger partial charge in [-0.3, -0.25) is 14.7 Å². The maximum absolute atomic E-state index is 12.7. The number of benzene rings is 3. The third kappa shape index (κ3) is 2.51. The largest absolute Gasteiger partial charge is 0.289 e. The minimum absolute atomic E-state index is 0.193. The number of Topliss-reactive ketones (excluding diaryl/α,β-unsaturated/α-hetero) is 1. The van der Waals surface area contributed by atoms with Crippen molar-refractivity contribution in [2.75, 3.05) is 0 Å². The van der Waals surface area contributed by atoms with E-state index in [-0.39, 0.29) is 17.2 Å². The third-order valence-corrected chi connectivity index (χ3v) is 4.78. The zero-order valence-electron chi connectivity index (χ0n) is 14.6. The maximum Gasteiger partial charge on any atom is 0.289 e. The third-order valence-electron chi connectivity index (χ3n) is 4.78. The summed E-state index contributed by atoms with van der Waals surface area (Å²) in [5, 5.41) is 12.8. The van der Waals surface area contributed by atoms with Gasteiger partial charge in [-0.1, -0.05) is 66.7 Å². The molecule has 1 aliphatic rings. The Morgan fingerprint density at radius 1 is 0.929 bits per heavy atom. The van der Waals surface area contributed by atoms with E-state index in [0.717, 1.165) is 21.9 Å². The molecule has 0 unspecified atom stereocenters. The number of aromatic amines is 1. The van der Waals surface area contributed by atoms with Crippen molar-refractivity contribution in [2.24, 2.45) is 5.10 Å².